The van der Waals surface area contributed by atoms with Gasteiger partial charge in [0.1, 0.15) is 0 Å². The molecule has 0 aliphatic carbocycles. The fourth-order valence-corrected chi connectivity index (χ4v) is 2.78. The van der Waals surface area contributed by atoms with Gasteiger partial charge in [0.15, 0.2) is 0 Å². The molecule has 0 N–H and O–H groups in total. The Kier molecular flexibility index (Phi) is 4.02. The normalized spacial score (nSPS) is 10.8. The molecule has 11 heavy (non-hydrogen) atoms. The van der Waals surface area contributed by atoms with Gasteiger partial charge in [-0.15, -0.1) is 11.8 Å². The number of thioether (sulfide) groups is 1. The van der Waals surface area contributed by atoms with Crippen molar-refractivity contribution in [3.05, 3.63) is 16.8 Å². The summed E-state index contributed by atoms with van der Waals surface area (Å²) in [6.07, 6.45) is 1.32. The van der Waals surface area contributed by atoms with Crippen molar-refractivity contribution in [2.45, 2.75) is 25.2 Å². The van der Waals surface area contributed by atoms with Crippen LogP contribution in [0, 0.1) is 5.92 Å². The molecule has 0 bridgehead atoms. The van der Waals surface area contributed by atoms with Crippen molar-refractivity contribution >= 4 is 23.1 Å². The summed E-state index contributed by atoms with van der Waals surface area (Å²) in [6, 6.07) is 2.19. The minimum atomic E-state index is 0.834. The fraction of sp³-hybridized carbons (Fsp3) is 0.556. The molecule has 0 radical (unpaired) electrons. The van der Waals surface area contributed by atoms with Gasteiger partial charge in [-0.3, -0.25) is 0 Å². The first-order valence-electron chi connectivity index (χ1n) is 3.94. The third-order valence-corrected chi connectivity index (χ3v) is 3.32. The molecule has 0 aliphatic rings. The van der Waals surface area contributed by atoms with Crippen LogP contribution in [0.2, 0.25) is 0 Å². The Morgan fingerprint density at radius 1 is 1.55 bits per heavy atom. The predicted molar refractivity (Wildman–Crippen MR) is 54.5 cm³/mol. The summed E-state index contributed by atoms with van der Waals surface area (Å²) in [5, 5.41) is 4.35. The highest BCUT2D eigenvalue weighted by atomic mass is 32.2. The highest BCUT2D eigenvalue weighted by Gasteiger charge is 1.96. The molecule has 1 rings (SSSR count). The largest absolute Gasteiger partial charge is 0.151 e. The van der Waals surface area contributed by atoms with Gasteiger partial charge < -0.3 is 0 Å². The molecule has 62 valence electrons. The van der Waals surface area contributed by atoms with E-state index in [4.69, 9.17) is 0 Å². The molecule has 0 aromatic carbocycles. The number of hydrogen-bond donors (Lipinski definition) is 0. The third-order valence-electron chi connectivity index (χ3n) is 1.46. The van der Waals surface area contributed by atoms with Gasteiger partial charge in [0.05, 0.1) is 0 Å². The molecule has 0 saturated carbocycles. The van der Waals surface area contributed by atoms with E-state index in [-0.39, 0.29) is 0 Å². The molecule has 0 aliphatic heterocycles. The molecule has 0 saturated heterocycles. The average Bonchev–Trinajstić information content (AvgIpc) is 2.39. The van der Waals surface area contributed by atoms with Crippen LogP contribution in [0.15, 0.2) is 21.7 Å². The van der Waals surface area contributed by atoms with E-state index < -0.39 is 0 Å². The number of rotatable bonds is 4. The van der Waals surface area contributed by atoms with E-state index in [0.29, 0.717) is 0 Å². The van der Waals surface area contributed by atoms with E-state index in [0.717, 1.165) is 5.92 Å². The van der Waals surface area contributed by atoms with Crippen molar-refractivity contribution in [1.29, 1.82) is 0 Å². The molecule has 0 amide bonds. The quantitative estimate of drug-likeness (QED) is 0.643. The molecule has 2 heteroatoms. The minimum absolute atomic E-state index is 0.834. The second-order valence-corrected chi connectivity index (χ2v) is 4.94. The van der Waals surface area contributed by atoms with Crippen LogP contribution in [-0.4, -0.2) is 5.75 Å². The fourth-order valence-electron chi connectivity index (χ4n) is 0.747. The molecule has 1 aromatic rings. The van der Waals surface area contributed by atoms with Crippen molar-refractivity contribution < 1.29 is 0 Å². The van der Waals surface area contributed by atoms with Crippen molar-refractivity contribution in [2.75, 3.05) is 5.75 Å². The summed E-state index contributed by atoms with van der Waals surface area (Å²) in [6.45, 7) is 4.54. The summed E-state index contributed by atoms with van der Waals surface area (Å²) in [5.41, 5.74) is 0. The highest BCUT2D eigenvalue weighted by Crippen LogP contribution is 2.22. The average molecular weight is 186 g/mol. The Bertz CT molecular complexity index is 177. The molecule has 0 unspecified atom stereocenters. The SMILES string of the molecule is CC(C)CCSc1ccsc1. The van der Waals surface area contributed by atoms with Crippen LogP contribution in [0.25, 0.3) is 0 Å². The van der Waals surface area contributed by atoms with Gasteiger partial charge in [-0.1, -0.05) is 13.8 Å². The molecule has 0 atom stereocenters. The van der Waals surface area contributed by atoms with E-state index in [9.17, 15) is 0 Å². The van der Waals surface area contributed by atoms with Gasteiger partial charge in [0, 0.05) is 10.3 Å². The van der Waals surface area contributed by atoms with Gasteiger partial charge in [0.2, 0.25) is 0 Å². The molecule has 1 aromatic heterocycles. The molecular weight excluding hydrogens is 172 g/mol. The van der Waals surface area contributed by atoms with Gasteiger partial charge in [-0.05, 0) is 29.5 Å². The Labute approximate surface area is 77.0 Å². The minimum Gasteiger partial charge on any atom is -0.151 e. The molecule has 0 spiro atoms. The third kappa shape index (κ3) is 3.82. The van der Waals surface area contributed by atoms with E-state index in [1.807, 2.05) is 11.8 Å². The second kappa shape index (κ2) is 4.83. The molecular formula is C9H14S2. The molecule has 0 nitrogen and oxygen atoms in total. The van der Waals surface area contributed by atoms with Gasteiger partial charge in [-0.2, -0.15) is 11.3 Å². The van der Waals surface area contributed by atoms with Crippen molar-refractivity contribution in [3.63, 3.8) is 0 Å². The summed E-state index contributed by atoms with van der Waals surface area (Å²) in [7, 11) is 0. The first-order valence-corrected chi connectivity index (χ1v) is 5.87. The van der Waals surface area contributed by atoms with Crippen molar-refractivity contribution in [2.24, 2.45) is 5.92 Å². The van der Waals surface area contributed by atoms with Gasteiger partial charge in [0.25, 0.3) is 0 Å². The zero-order valence-electron chi connectivity index (χ0n) is 7.04. The predicted octanol–water partition coefficient (Wildman–Crippen LogP) is 3.89. The monoisotopic (exact) mass is 186 g/mol. The van der Waals surface area contributed by atoms with Crippen LogP contribution < -0.4 is 0 Å². The van der Waals surface area contributed by atoms with Crippen LogP contribution >= 0.6 is 23.1 Å². The maximum Gasteiger partial charge on any atom is 0.0179 e. The lowest BCUT2D eigenvalue weighted by Gasteiger charge is -2.01. The van der Waals surface area contributed by atoms with E-state index in [2.05, 4.69) is 30.7 Å². The lowest BCUT2D eigenvalue weighted by molar-refractivity contribution is 0.632. The lowest BCUT2D eigenvalue weighted by atomic mass is 10.2. The van der Waals surface area contributed by atoms with Crippen LogP contribution in [0.5, 0.6) is 0 Å². The van der Waals surface area contributed by atoms with E-state index in [1.165, 1.54) is 17.1 Å². The zero-order valence-corrected chi connectivity index (χ0v) is 8.67. The first-order chi connectivity index (χ1) is 5.29. The van der Waals surface area contributed by atoms with Crippen LogP contribution in [-0.2, 0) is 0 Å². The number of hydrogen-bond acceptors (Lipinski definition) is 2. The maximum atomic E-state index is 2.27. The van der Waals surface area contributed by atoms with Gasteiger partial charge in [-0.25, -0.2) is 0 Å². The summed E-state index contributed by atoms with van der Waals surface area (Å²) >= 11 is 3.74. The Balaban J connectivity index is 2.14. The topological polar surface area (TPSA) is 0 Å². The first kappa shape index (κ1) is 9.14. The van der Waals surface area contributed by atoms with Crippen LogP contribution in [0.3, 0.4) is 0 Å². The van der Waals surface area contributed by atoms with Crippen LogP contribution in [0.1, 0.15) is 20.3 Å². The van der Waals surface area contributed by atoms with Crippen molar-refractivity contribution in [1.82, 2.24) is 0 Å². The maximum absolute atomic E-state index is 2.27. The van der Waals surface area contributed by atoms with Crippen molar-refractivity contribution in [3.8, 4) is 0 Å². The Morgan fingerprint density at radius 3 is 2.91 bits per heavy atom. The smallest absolute Gasteiger partial charge is 0.0179 e. The van der Waals surface area contributed by atoms with Crippen LogP contribution in [0.4, 0.5) is 0 Å². The van der Waals surface area contributed by atoms with E-state index in [1.54, 1.807) is 11.3 Å². The summed E-state index contributed by atoms with van der Waals surface area (Å²) in [5.74, 6) is 2.09. The Morgan fingerprint density at radius 2 is 2.36 bits per heavy atom. The second-order valence-electron chi connectivity index (χ2n) is 2.99. The molecule has 0 fully saturated rings. The lowest BCUT2D eigenvalue weighted by Crippen LogP contribution is -1.88. The number of thiophene rings is 1. The summed E-state index contributed by atoms with van der Waals surface area (Å²) < 4.78 is 0. The zero-order chi connectivity index (χ0) is 8.10. The Hall–Kier alpha value is 0.0500. The van der Waals surface area contributed by atoms with Gasteiger partial charge >= 0.3 is 0 Å². The standard InChI is InChI=1S/C9H14S2/c1-8(2)3-6-11-9-4-5-10-7-9/h4-5,7-8H,3,6H2,1-2H3. The molecule has 1 heterocycles. The van der Waals surface area contributed by atoms with E-state index >= 15 is 0 Å². The summed E-state index contributed by atoms with van der Waals surface area (Å²) in [4.78, 5) is 1.43. The highest BCUT2D eigenvalue weighted by molar-refractivity contribution is 7.99.